The van der Waals surface area contributed by atoms with E-state index >= 15 is 0 Å². The van der Waals surface area contributed by atoms with Crippen molar-refractivity contribution in [1.82, 2.24) is 15.2 Å². The van der Waals surface area contributed by atoms with Gasteiger partial charge in [0, 0.05) is 25.3 Å². The monoisotopic (exact) mass is 279 g/mol. The van der Waals surface area contributed by atoms with Gasteiger partial charge in [-0.25, -0.2) is 14.6 Å². The van der Waals surface area contributed by atoms with Crippen molar-refractivity contribution in [3.05, 3.63) is 29.6 Å². The fraction of sp³-hybridized carbons (Fsp3) is 0.500. The number of urea groups is 1. The molecule has 6 heteroatoms. The first-order valence-corrected chi connectivity index (χ1v) is 6.57. The zero-order valence-electron chi connectivity index (χ0n) is 12.3. The molecule has 20 heavy (non-hydrogen) atoms. The first-order valence-electron chi connectivity index (χ1n) is 6.57. The molecule has 0 bridgehead atoms. The molecule has 1 heterocycles. The Morgan fingerprint density at radius 2 is 2.10 bits per heavy atom. The van der Waals surface area contributed by atoms with Crippen LogP contribution in [0.15, 0.2) is 18.3 Å². The molecule has 0 aromatic carbocycles. The molecule has 0 aliphatic heterocycles. The van der Waals surface area contributed by atoms with Gasteiger partial charge in [-0.1, -0.05) is 6.07 Å². The minimum Gasteiger partial charge on any atom is -0.464 e. The molecule has 0 radical (unpaired) electrons. The number of carbonyl (C=O) groups is 2. The summed E-state index contributed by atoms with van der Waals surface area (Å²) in [4.78, 5) is 28.9. The molecule has 1 rings (SSSR count). The van der Waals surface area contributed by atoms with Gasteiger partial charge in [0.15, 0.2) is 0 Å². The average molecular weight is 279 g/mol. The summed E-state index contributed by atoms with van der Waals surface area (Å²) in [6, 6.07) is 3.36. The van der Waals surface area contributed by atoms with E-state index in [1.165, 1.54) is 7.11 Å². The number of aromatic nitrogens is 1. The maximum atomic E-state index is 11.9. The first-order chi connectivity index (χ1) is 9.49. The summed E-state index contributed by atoms with van der Waals surface area (Å²) < 4.78 is 4.57. The van der Waals surface area contributed by atoms with Crippen molar-refractivity contribution in [2.24, 2.45) is 0 Å². The molecule has 0 spiro atoms. The predicted molar refractivity (Wildman–Crippen MR) is 75.3 cm³/mol. The van der Waals surface area contributed by atoms with Crippen molar-refractivity contribution in [2.45, 2.75) is 33.4 Å². The lowest BCUT2D eigenvalue weighted by atomic mass is 10.2. The number of esters is 1. The summed E-state index contributed by atoms with van der Waals surface area (Å²) in [5, 5.41) is 2.82. The van der Waals surface area contributed by atoms with Crippen LogP contribution in [0.1, 0.15) is 36.8 Å². The van der Waals surface area contributed by atoms with Crippen LogP contribution in [0, 0.1) is 0 Å². The van der Waals surface area contributed by atoms with Crippen molar-refractivity contribution in [3.8, 4) is 0 Å². The number of methoxy groups -OCH3 is 1. The Kier molecular flexibility index (Phi) is 5.96. The Bertz CT molecular complexity index is 457. The minimum atomic E-state index is -0.474. The van der Waals surface area contributed by atoms with Crippen LogP contribution in [-0.2, 0) is 11.3 Å². The number of rotatable bonds is 5. The van der Waals surface area contributed by atoms with Crippen LogP contribution in [0.2, 0.25) is 0 Å². The lowest BCUT2D eigenvalue weighted by Gasteiger charge is -2.25. The van der Waals surface area contributed by atoms with Crippen LogP contribution in [-0.4, -0.2) is 41.6 Å². The Morgan fingerprint density at radius 3 is 2.55 bits per heavy atom. The van der Waals surface area contributed by atoms with E-state index in [1.54, 1.807) is 23.2 Å². The van der Waals surface area contributed by atoms with Crippen molar-refractivity contribution in [2.75, 3.05) is 13.7 Å². The molecular formula is C14H21N3O3. The molecule has 1 N–H and O–H groups in total. The fourth-order valence-corrected chi connectivity index (χ4v) is 1.78. The van der Waals surface area contributed by atoms with Gasteiger partial charge in [0.25, 0.3) is 0 Å². The summed E-state index contributed by atoms with van der Waals surface area (Å²) >= 11 is 0. The summed E-state index contributed by atoms with van der Waals surface area (Å²) in [6.07, 6.45) is 1.55. The van der Waals surface area contributed by atoms with E-state index in [4.69, 9.17) is 0 Å². The lowest BCUT2D eigenvalue weighted by Crippen LogP contribution is -2.43. The van der Waals surface area contributed by atoms with E-state index in [-0.39, 0.29) is 17.8 Å². The number of pyridine rings is 1. The van der Waals surface area contributed by atoms with Crippen molar-refractivity contribution < 1.29 is 14.3 Å². The Labute approximate surface area is 119 Å². The Balaban J connectivity index is 2.58. The standard InChI is InChI=1S/C14H21N3O3/c1-5-17(10(2)3)14(19)16-9-11-6-7-12(15-8-11)13(18)20-4/h6-8,10H,5,9H2,1-4H3,(H,16,19). The Morgan fingerprint density at radius 1 is 1.40 bits per heavy atom. The second-order valence-corrected chi connectivity index (χ2v) is 4.58. The zero-order chi connectivity index (χ0) is 15.1. The summed E-state index contributed by atoms with van der Waals surface area (Å²) in [5.41, 5.74) is 1.07. The second-order valence-electron chi connectivity index (χ2n) is 4.58. The van der Waals surface area contributed by atoms with Crippen molar-refractivity contribution in [3.63, 3.8) is 0 Å². The molecule has 0 fully saturated rings. The van der Waals surface area contributed by atoms with Gasteiger partial charge in [0.2, 0.25) is 0 Å². The first kappa shape index (κ1) is 15.9. The second kappa shape index (κ2) is 7.47. The number of nitrogens with one attached hydrogen (secondary N) is 1. The van der Waals surface area contributed by atoms with E-state index in [2.05, 4.69) is 15.0 Å². The molecule has 2 amide bonds. The lowest BCUT2D eigenvalue weighted by molar-refractivity contribution is 0.0594. The van der Waals surface area contributed by atoms with Gasteiger partial charge in [0.05, 0.1) is 7.11 Å². The van der Waals surface area contributed by atoms with Gasteiger partial charge >= 0.3 is 12.0 Å². The van der Waals surface area contributed by atoms with E-state index in [0.717, 1.165) is 5.56 Å². The van der Waals surface area contributed by atoms with Gasteiger partial charge < -0.3 is 15.0 Å². The molecule has 0 saturated carbocycles. The maximum absolute atomic E-state index is 11.9. The van der Waals surface area contributed by atoms with Gasteiger partial charge in [-0.15, -0.1) is 0 Å². The summed E-state index contributed by atoms with van der Waals surface area (Å²) in [6.45, 7) is 6.90. The van der Waals surface area contributed by atoms with Crippen LogP contribution >= 0.6 is 0 Å². The van der Waals surface area contributed by atoms with E-state index in [1.807, 2.05) is 20.8 Å². The van der Waals surface area contributed by atoms with Gasteiger partial charge in [-0.05, 0) is 32.4 Å². The third-order valence-electron chi connectivity index (χ3n) is 2.89. The smallest absolute Gasteiger partial charge is 0.356 e. The molecule has 1 aromatic heterocycles. The van der Waals surface area contributed by atoms with Crippen LogP contribution in [0.3, 0.4) is 0 Å². The predicted octanol–water partition coefficient (Wildman–Crippen LogP) is 1.81. The molecule has 0 unspecified atom stereocenters. The molecule has 1 aromatic rings. The van der Waals surface area contributed by atoms with Crippen LogP contribution in [0.25, 0.3) is 0 Å². The third-order valence-corrected chi connectivity index (χ3v) is 2.89. The highest BCUT2D eigenvalue weighted by atomic mass is 16.5. The van der Waals surface area contributed by atoms with Crippen LogP contribution in [0.4, 0.5) is 4.79 Å². The van der Waals surface area contributed by atoms with E-state index in [9.17, 15) is 9.59 Å². The van der Waals surface area contributed by atoms with Crippen molar-refractivity contribution >= 4 is 12.0 Å². The highest BCUT2D eigenvalue weighted by Crippen LogP contribution is 2.03. The molecular weight excluding hydrogens is 258 g/mol. The third kappa shape index (κ3) is 4.22. The van der Waals surface area contributed by atoms with Gasteiger partial charge in [-0.3, -0.25) is 0 Å². The SMILES string of the molecule is CCN(C(=O)NCc1ccc(C(=O)OC)nc1)C(C)C. The van der Waals surface area contributed by atoms with E-state index < -0.39 is 5.97 Å². The van der Waals surface area contributed by atoms with Crippen LogP contribution < -0.4 is 5.32 Å². The number of nitrogens with zero attached hydrogens (tertiary/aromatic N) is 2. The number of ether oxygens (including phenoxy) is 1. The van der Waals surface area contributed by atoms with Gasteiger partial charge in [-0.2, -0.15) is 0 Å². The minimum absolute atomic E-state index is 0.112. The van der Waals surface area contributed by atoms with Crippen LogP contribution in [0.5, 0.6) is 0 Å². The summed E-state index contributed by atoms with van der Waals surface area (Å²) in [5.74, 6) is -0.474. The molecule has 0 atom stereocenters. The van der Waals surface area contributed by atoms with Gasteiger partial charge in [0.1, 0.15) is 5.69 Å². The maximum Gasteiger partial charge on any atom is 0.356 e. The zero-order valence-corrected chi connectivity index (χ0v) is 12.3. The van der Waals surface area contributed by atoms with E-state index in [0.29, 0.717) is 13.1 Å². The largest absolute Gasteiger partial charge is 0.464 e. The summed E-state index contributed by atoms with van der Waals surface area (Å²) in [7, 11) is 1.31. The topological polar surface area (TPSA) is 71.5 Å². The molecule has 110 valence electrons. The number of hydrogen-bond donors (Lipinski definition) is 1. The van der Waals surface area contributed by atoms with Crippen molar-refractivity contribution in [1.29, 1.82) is 0 Å². The molecule has 0 aliphatic carbocycles. The highest BCUT2D eigenvalue weighted by Gasteiger charge is 2.14. The molecule has 0 saturated heterocycles. The average Bonchev–Trinajstić information content (AvgIpc) is 2.45. The Hall–Kier alpha value is -2.11. The quantitative estimate of drug-likeness (QED) is 0.834. The highest BCUT2D eigenvalue weighted by molar-refractivity contribution is 5.87. The normalized spacial score (nSPS) is 10.2. The number of carbonyl (C=O) groups excluding carboxylic acids is 2. The number of hydrogen-bond acceptors (Lipinski definition) is 4. The fourth-order valence-electron chi connectivity index (χ4n) is 1.78. The number of amides is 2. The molecule has 6 nitrogen and oxygen atoms in total. The molecule has 0 aliphatic rings.